The van der Waals surface area contributed by atoms with Gasteiger partial charge in [-0.2, -0.15) is 0 Å². The Morgan fingerprint density at radius 2 is 2.16 bits per heavy atom. The van der Waals surface area contributed by atoms with Crippen LogP contribution < -0.4 is 5.32 Å². The average molecular weight is 263 g/mol. The van der Waals surface area contributed by atoms with E-state index in [0.29, 0.717) is 19.1 Å². The van der Waals surface area contributed by atoms with E-state index in [-0.39, 0.29) is 6.10 Å². The highest BCUT2D eigenvalue weighted by atomic mass is 16.5. The van der Waals surface area contributed by atoms with Crippen LogP contribution >= 0.6 is 0 Å². The number of aliphatic hydroxyl groups is 1. The van der Waals surface area contributed by atoms with E-state index in [1.54, 1.807) is 0 Å². The maximum absolute atomic E-state index is 10.4. The summed E-state index contributed by atoms with van der Waals surface area (Å²) in [5, 5.41) is 13.8. The highest BCUT2D eigenvalue weighted by Gasteiger charge is 2.39. The number of rotatable bonds is 6. The first kappa shape index (κ1) is 14.5. The first-order valence-corrected chi connectivity index (χ1v) is 7.25. The van der Waals surface area contributed by atoms with Crippen LogP contribution in [0.1, 0.15) is 38.2 Å². The molecule has 0 bridgehead atoms. The van der Waals surface area contributed by atoms with E-state index in [9.17, 15) is 5.11 Å². The van der Waals surface area contributed by atoms with Crippen molar-refractivity contribution in [3.05, 3.63) is 35.9 Å². The van der Waals surface area contributed by atoms with Crippen LogP contribution in [0.2, 0.25) is 0 Å². The Morgan fingerprint density at radius 1 is 1.42 bits per heavy atom. The molecule has 0 spiro atoms. The SMILES string of the molecule is CC[C@H](CNC[C@@]1(O)CCO[C@H]1C)c1ccccc1. The van der Waals surface area contributed by atoms with E-state index in [4.69, 9.17) is 4.74 Å². The summed E-state index contributed by atoms with van der Waals surface area (Å²) in [5.41, 5.74) is 0.662. The smallest absolute Gasteiger partial charge is 0.105 e. The molecule has 0 unspecified atom stereocenters. The Morgan fingerprint density at radius 3 is 2.74 bits per heavy atom. The van der Waals surface area contributed by atoms with Gasteiger partial charge in [0.15, 0.2) is 0 Å². The minimum atomic E-state index is -0.699. The van der Waals surface area contributed by atoms with Gasteiger partial charge in [0.05, 0.1) is 6.10 Å². The van der Waals surface area contributed by atoms with Crippen LogP contribution in [0.4, 0.5) is 0 Å². The third-order valence-electron chi connectivity index (χ3n) is 4.25. The van der Waals surface area contributed by atoms with Gasteiger partial charge in [0.25, 0.3) is 0 Å². The summed E-state index contributed by atoms with van der Waals surface area (Å²) in [6.45, 7) is 6.32. The van der Waals surface area contributed by atoms with Gasteiger partial charge >= 0.3 is 0 Å². The molecule has 3 atom stereocenters. The molecule has 1 saturated heterocycles. The van der Waals surface area contributed by atoms with Crippen LogP contribution in [0.15, 0.2) is 30.3 Å². The van der Waals surface area contributed by atoms with Crippen LogP contribution in [0.25, 0.3) is 0 Å². The van der Waals surface area contributed by atoms with Crippen LogP contribution in [0, 0.1) is 0 Å². The van der Waals surface area contributed by atoms with Crippen molar-refractivity contribution in [3.63, 3.8) is 0 Å². The predicted molar refractivity (Wildman–Crippen MR) is 77.3 cm³/mol. The van der Waals surface area contributed by atoms with Gasteiger partial charge in [-0.3, -0.25) is 0 Å². The lowest BCUT2D eigenvalue weighted by atomic mass is 9.94. The van der Waals surface area contributed by atoms with E-state index < -0.39 is 5.60 Å². The highest BCUT2D eigenvalue weighted by molar-refractivity contribution is 5.19. The van der Waals surface area contributed by atoms with Crippen LogP contribution in [-0.4, -0.2) is 36.5 Å². The first-order chi connectivity index (χ1) is 9.15. The number of benzene rings is 1. The van der Waals surface area contributed by atoms with Crippen LogP contribution in [-0.2, 0) is 4.74 Å². The quantitative estimate of drug-likeness (QED) is 0.827. The van der Waals surface area contributed by atoms with Crippen molar-refractivity contribution in [2.45, 2.75) is 44.3 Å². The molecule has 1 fully saturated rings. The summed E-state index contributed by atoms with van der Waals surface area (Å²) >= 11 is 0. The normalized spacial score (nSPS) is 28.5. The number of ether oxygens (including phenoxy) is 1. The summed E-state index contributed by atoms with van der Waals surface area (Å²) in [6, 6.07) is 10.6. The third-order valence-corrected chi connectivity index (χ3v) is 4.25. The Hall–Kier alpha value is -0.900. The largest absolute Gasteiger partial charge is 0.386 e. The van der Waals surface area contributed by atoms with Crippen molar-refractivity contribution in [2.75, 3.05) is 19.7 Å². The molecule has 0 aromatic heterocycles. The van der Waals surface area contributed by atoms with Gasteiger partial charge in [-0.15, -0.1) is 0 Å². The predicted octanol–water partition coefficient (Wildman–Crippen LogP) is 2.31. The molecule has 1 aliphatic rings. The second-order valence-electron chi connectivity index (χ2n) is 5.51. The van der Waals surface area contributed by atoms with Crippen molar-refractivity contribution in [2.24, 2.45) is 0 Å². The zero-order valence-electron chi connectivity index (χ0n) is 11.9. The molecule has 19 heavy (non-hydrogen) atoms. The molecule has 1 aromatic rings. The fourth-order valence-corrected chi connectivity index (χ4v) is 2.69. The van der Waals surface area contributed by atoms with Crippen molar-refractivity contribution in [1.29, 1.82) is 0 Å². The molecule has 0 saturated carbocycles. The van der Waals surface area contributed by atoms with E-state index >= 15 is 0 Å². The molecule has 0 radical (unpaired) electrons. The number of hydrogen-bond donors (Lipinski definition) is 2. The summed E-state index contributed by atoms with van der Waals surface area (Å²) in [5.74, 6) is 0.502. The lowest BCUT2D eigenvalue weighted by molar-refractivity contribution is -0.0261. The van der Waals surface area contributed by atoms with Gasteiger partial charge in [0, 0.05) is 26.1 Å². The first-order valence-electron chi connectivity index (χ1n) is 7.25. The minimum Gasteiger partial charge on any atom is -0.386 e. The zero-order chi connectivity index (χ0) is 13.7. The van der Waals surface area contributed by atoms with Gasteiger partial charge in [-0.25, -0.2) is 0 Å². The van der Waals surface area contributed by atoms with Crippen molar-refractivity contribution in [1.82, 2.24) is 5.32 Å². The Bertz CT molecular complexity index is 382. The third kappa shape index (κ3) is 3.56. The lowest BCUT2D eigenvalue weighted by Crippen LogP contribution is -2.46. The second kappa shape index (κ2) is 6.51. The lowest BCUT2D eigenvalue weighted by Gasteiger charge is -2.27. The number of nitrogens with one attached hydrogen (secondary N) is 1. The summed E-state index contributed by atoms with van der Waals surface area (Å²) < 4.78 is 5.45. The van der Waals surface area contributed by atoms with Crippen molar-refractivity contribution >= 4 is 0 Å². The highest BCUT2D eigenvalue weighted by Crippen LogP contribution is 2.25. The van der Waals surface area contributed by atoms with Crippen molar-refractivity contribution in [3.8, 4) is 0 Å². The molecular formula is C16H25NO2. The van der Waals surface area contributed by atoms with Gasteiger partial charge in [0.2, 0.25) is 0 Å². The standard InChI is InChI=1S/C16H25NO2/c1-3-14(15-7-5-4-6-8-15)11-17-12-16(18)9-10-19-13(16)2/h4-8,13-14,17-18H,3,9-12H2,1-2H3/t13-,14+,16-/m0/s1. The maximum atomic E-state index is 10.4. The molecule has 0 aliphatic carbocycles. The van der Waals surface area contributed by atoms with E-state index in [0.717, 1.165) is 19.4 Å². The van der Waals surface area contributed by atoms with Crippen LogP contribution in [0.5, 0.6) is 0 Å². The van der Waals surface area contributed by atoms with E-state index in [1.165, 1.54) is 5.56 Å². The second-order valence-corrected chi connectivity index (χ2v) is 5.51. The maximum Gasteiger partial charge on any atom is 0.105 e. The average Bonchev–Trinajstić information content (AvgIpc) is 2.76. The molecule has 1 aromatic carbocycles. The molecule has 106 valence electrons. The van der Waals surface area contributed by atoms with E-state index in [1.807, 2.05) is 13.0 Å². The Balaban J connectivity index is 1.84. The molecular weight excluding hydrogens is 238 g/mol. The molecule has 3 nitrogen and oxygen atoms in total. The van der Waals surface area contributed by atoms with Crippen molar-refractivity contribution < 1.29 is 9.84 Å². The molecule has 2 rings (SSSR count). The topological polar surface area (TPSA) is 41.5 Å². The monoisotopic (exact) mass is 263 g/mol. The van der Waals surface area contributed by atoms with Gasteiger partial charge in [-0.1, -0.05) is 37.3 Å². The molecule has 0 amide bonds. The molecule has 3 heteroatoms. The van der Waals surface area contributed by atoms with Gasteiger partial charge in [-0.05, 0) is 24.8 Å². The fourth-order valence-electron chi connectivity index (χ4n) is 2.69. The zero-order valence-corrected chi connectivity index (χ0v) is 11.9. The van der Waals surface area contributed by atoms with Gasteiger partial charge in [0.1, 0.15) is 5.60 Å². The Labute approximate surface area is 116 Å². The van der Waals surface area contributed by atoms with Gasteiger partial charge < -0.3 is 15.2 Å². The molecule has 1 aliphatic heterocycles. The molecule has 2 N–H and O–H groups in total. The van der Waals surface area contributed by atoms with Crippen LogP contribution in [0.3, 0.4) is 0 Å². The molecule has 1 heterocycles. The fraction of sp³-hybridized carbons (Fsp3) is 0.625. The summed E-state index contributed by atoms with van der Waals surface area (Å²) in [7, 11) is 0. The summed E-state index contributed by atoms with van der Waals surface area (Å²) in [6.07, 6.45) is 1.75. The minimum absolute atomic E-state index is 0.0724. The number of hydrogen-bond acceptors (Lipinski definition) is 3. The summed E-state index contributed by atoms with van der Waals surface area (Å²) in [4.78, 5) is 0. The van der Waals surface area contributed by atoms with E-state index in [2.05, 4.69) is 36.5 Å². The Kier molecular flexibility index (Phi) is 4.97.